The van der Waals surface area contributed by atoms with E-state index in [4.69, 9.17) is 22.1 Å². The fraction of sp³-hybridized carbons (Fsp3) is 0.154. The van der Waals surface area contributed by atoms with Crippen LogP contribution in [0.2, 0.25) is 5.02 Å². The second kappa shape index (κ2) is 5.14. The van der Waals surface area contributed by atoms with Crippen LogP contribution >= 0.6 is 11.6 Å². The van der Waals surface area contributed by atoms with Crippen molar-refractivity contribution in [1.82, 2.24) is 4.98 Å². The van der Waals surface area contributed by atoms with E-state index < -0.39 is 0 Å². The van der Waals surface area contributed by atoms with E-state index in [-0.39, 0.29) is 0 Å². The number of nitrogens with two attached hydrogens (primary N) is 1. The molecular weight excluding hydrogens is 250 g/mol. The van der Waals surface area contributed by atoms with E-state index in [9.17, 15) is 0 Å². The molecule has 0 aliphatic heterocycles. The number of hydrogen-bond acceptors (Lipinski definition) is 4. The van der Waals surface area contributed by atoms with E-state index in [0.717, 1.165) is 17.0 Å². The van der Waals surface area contributed by atoms with Gasteiger partial charge in [-0.05, 0) is 18.6 Å². The van der Waals surface area contributed by atoms with Gasteiger partial charge in [-0.25, -0.2) is 0 Å². The maximum atomic E-state index is 6.07. The monoisotopic (exact) mass is 263 g/mol. The van der Waals surface area contributed by atoms with Crippen LogP contribution in [0.5, 0.6) is 5.75 Å². The first kappa shape index (κ1) is 12.5. The van der Waals surface area contributed by atoms with E-state index >= 15 is 0 Å². The maximum Gasteiger partial charge on any atom is 0.120 e. The van der Waals surface area contributed by atoms with Crippen LogP contribution in [-0.2, 0) is 0 Å². The Balaban J connectivity index is 2.39. The molecule has 0 aliphatic rings. The normalized spacial score (nSPS) is 10.2. The predicted octanol–water partition coefficient (Wildman–Crippen LogP) is 3.38. The SMILES string of the molecule is COc1ccc(C)c(Nc2c(N)cncc2Cl)c1. The van der Waals surface area contributed by atoms with Crippen LogP contribution in [0.15, 0.2) is 30.6 Å². The van der Waals surface area contributed by atoms with Gasteiger partial charge in [0.1, 0.15) is 5.75 Å². The molecule has 0 atom stereocenters. The van der Waals surface area contributed by atoms with Gasteiger partial charge in [0.15, 0.2) is 0 Å². The number of halogens is 1. The molecule has 4 nitrogen and oxygen atoms in total. The van der Waals surface area contributed by atoms with Crippen LogP contribution in [0, 0.1) is 6.92 Å². The fourth-order valence-corrected chi connectivity index (χ4v) is 1.79. The van der Waals surface area contributed by atoms with Crippen LogP contribution in [0.25, 0.3) is 0 Å². The number of ether oxygens (including phenoxy) is 1. The van der Waals surface area contributed by atoms with Gasteiger partial charge < -0.3 is 15.8 Å². The number of nitrogens with one attached hydrogen (secondary N) is 1. The van der Waals surface area contributed by atoms with Gasteiger partial charge in [0, 0.05) is 18.0 Å². The highest BCUT2D eigenvalue weighted by Crippen LogP contribution is 2.32. The van der Waals surface area contributed by atoms with Crippen molar-refractivity contribution in [2.24, 2.45) is 0 Å². The number of methoxy groups -OCH3 is 1. The van der Waals surface area contributed by atoms with Crippen molar-refractivity contribution in [3.63, 3.8) is 0 Å². The largest absolute Gasteiger partial charge is 0.497 e. The Morgan fingerprint density at radius 1 is 1.33 bits per heavy atom. The number of aromatic nitrogens is 1. The highest BCUT2D eigenvalue weighted by molar-refractivity contribution is 6.33. The summed E-state index contributed by atoms with van der Waals surface area (Å²) in [5, 5.41) is 3.69. The standard InChI is InChI=1S/C13H14ClN3O/c1-8-3-4-9(18-2)5-12(8)17-13-10(14)6-16-7-11(13)15/h3-7H,15H2,1-2H3,(H,16,17). The van der Waals surface area contributed by atoms with Crippen LogP contribution < -0.4 is 15.8 Å². The third-order valence-electron chi connectivity index (χ3n) is 2.63. The molecule has 2 aromatic rings. The van der Waals surface area contributed by atoms with E-state index in [1.807, 2.05) is 25.1 Å². The summed E-state index contributed by atoms with van der Waals surface area (Å²) in [5.41, 5.74) is 8.98. The van der Waals surface area contributed by atoms with Gasteiger partial charge in [-0.3, -0.25) is 4.98 Å². The molecule has 0 fully saturated rings. The topological polar surface area (TPSA) is 60.2 Å². The summed E-state index contributed by atoms with van der Waals surface area (Å²) in [6, 6.07) is 5.76. The van der Waals surface area contributed by atoms with Crippen LogP contribution in [0.3, 0.4) is 0 Å². The number of anilines is 3. The summed E-state index contributed by atoms with van der Waals surface area (Å²) in [4.78, 5) is 3.92. The minimum absolute atomic E-state index is 0.484. The van der Waals surface area contributed by atoms with E-state index in [0.29, 0.717) is 16.4 Å². The molecule has 0 amide bonds. The lowest BCUT2D eigenvalue weighted by atomic mass is 10.2. The first-order chi connectivity index (χ1) is 8.61. The van der Waals surface area contributed by atoms with Crippen molar-refractivity contribution in [1.29, 1.82) is 0 Å². The molecule has 0 radical (unpaired) electrons. The number of nitrogen functional groups attached to an aromatic ring is 1. The smallest absolute Gasteiger partial charge is 0.120 e. The average Bonchev–Trinajstić information content (AvgIpc) is 2.36. The summed E-state index contributed by atoms with van der Waals surface area (Å²) < 4.78 is 5.19. The molecule has 0 bridgehead atoms. The van der Waals surface area contributed by atoms with Gasteiger partial charge in [-0.1, -0.05) is 17.7 Å². The van der Waals surface area contributed by atoms with E-state index in [1.165, 1.54) is 0 Å². The molecule has 0 saturated carbocycles. The summed E-state index contributed by atoms with van der Waals surface area (Å²) in [6.45, 7) is 1.99. The molecule has 2 rings (SSSR count). The van der Waals surface area contributed by atoms with Gasteiger partial charge in [0.2, 0.25) is 0 Å². The maximum absolute atomic E-state index is 6.07. The average molecular weight is 264 g/mol. The Morgan fingerprint density at radius 2 is 2.11 bits per heavy atom. The van der Waals surface area contributed by atoms with Crippen molar-refractivity contribution < 1.29 is 4.74 Å². The lowest BCUT2D eigenvalue weighted by Crippen LogP contribution is -2.00. The summed E-state index contributed by atoms with van der Waals surface area (Å²) >= 11 is 6.07. The molecule has 94 valence electrons. The third kappa shape index (κ3) is 2.49. The molecular formula is C13H14ClN3O. The van der Waals surface area contributed by atoms with Gasteiger partial charge >= 0.3 is 0 Å². The Morgan fingerprint density at radius 3 is 2.78 bits per heavy atom. The quantitative estimate of drug-likeness (QED) is 0.891. The molecule has 0 aliphatic carbocycles. The van der Waals surface area contributed by atoms with Gasteiger partial charge in [-0.15, -0.1) is 0 Å². The highest BCUT2D eigenvalue weighted by atomic mass is 35.5. The second-order valence-corrected chi connectivity index (χ2v) is 4.30. The molecule has 0 saturated heterocycles. The van der Waals surface area contributed by atoms with E-state index in [1.54, 1.807) is 19.5 Å². The van der Waals surface area contributed by atoms with Crippen LogP contribution in [0.1, 0.15) is 5.56 Å². The number of pyridine rings is 1. The van der Waals surface area contributed by atoms with Crippen molar-refractivity contribution >= 4 is 28.7 Å². The molecule has 18 heavy (non-hydrogen) atoms. The van der Waals surface area contributed by atoms with Crippen molar-refractivity contribution in [2.45, 2.75) is 6.92 Å². The Labute approximate surface area is 111 Å². The van der Waals surface area contributed by atoms with Crippen molar-refractivity contribution in [3.05, 3.63) is 41.2 Å². The Hall–Kier alpha value is -1.94. The number of benzene rings is 1. The number of hydrogen-bond donors (Lipinski definition) is 2. The number of rotatable bonds is 3. The third-order valence-corrected chi connectivity index (χ3v) is 2.92. The lowest BCUT2D eigenvalue weighted by molar-refractivity contribution is 0.415. The Bertz CT molecular complexity index is 552. The van der Waals surface area contributed by atoms with Crippen LogP contribution in [0.4, 0.5) is 17.1 Å². The second-order valence-electron chi connectivity index (χ2n) is 3.89. The lowest BCUT2D eigenvalue weighted by Gasteiger charge is -2.13. The highest BCUT2D eigenvalue weighted by Gasteiger charge is 2.08. The van der Waals surface area contributed by atoms with Crippen molar-refractivity contribution in [2.75, 3.05) is 18.2 Å². The van der Waals surface area contributed by atoms with E-state index in [2.05, 4.69) is 10.3 Å². The minimum Gasteiger partial charge on any atom is -0.497 e. The molecule has 1 aromatic heterocycles. The molecule has 3 N–H and O–H groups in total. The first-order valence-corrected chi connectivity index (χ1v) is 5.80. The molecule has 1 aromatic carbocycles. The predicted molar refractivity (Wildman–Crippen MR) is 74.7 cm³/mol. The van der Waals surface area contributed by atoms with Crippen molar-refractivity contribution in [3.8, 4) is 5.75 Å². The summed E-state index contributed by atoms with van der Waals surface area (Å²) in [7, 11) is 1.63. The summed E-state index contributed by atoms with van der Waals surface area (Å²) in [6.07, 6.45) is 3.11. The number of aryl methyl sites for hydroxylation is 1. The zero-order chi connectivity index (χ0) is 13.1. The van der Waals surface area contributed by atoms with Gasteiger partial charge in [-0.2, -0.15) is 0 Å². The van der Waals surface area contributed by atoms with Gasteiger partial charge in [0.05, 0.1) is 29.7 Å². The fourth-order valence-electron chi connectivity index (χ4n) is 1.58. The van der Waals surface area contributed by atoms with Gasteiger partial charge in [0.25, 0.3) is 0 Å². The first-order valence-electron chi connectivity index (χ1n) is 5.42. The number of nitrogens with zero attached hydrogens (tertiary/aromatic N) is 1. The zero-order valence-electron chi connectivity index (χ0n) is 10.2. The zero-order valence-corrected chi connectivity index (χ0v) is 11.0. The Kier molecular flexibility index (Phi) is 3.58. The molecule has 0 spiro atoms. The molecule has 0 unspecified atom stereocenters. The summed E-state index contributed by atoms with van der Waals surface area (Å²) in [5.74, 6) is 0.770. The molecule has 5 heteroatoms. The minimum atomic E-state index is 0.484. The molecule has 1 heterocycles. The van der Waals surface area contributed by atoms with Crippen LogP contribution in [-0.4, -0.2) is 12.1 Å².